The van der Waals surface area contributed by atoms with Crippen LogP contribution < -0.4 is 10.2 Å². The molecular weight excluding hydrogens is 389 g/mol. The van der Waals surface area contributed by atoms with E-state index in [9.17, 15) is 9.50 Å². The Balaban J connectivity index is 1.57. The van der Waals surface area contributed by atoms with Crippen molar-refractivity contribution in [3.63, 3.8) is 0 Å². The van der Waals surface area contributed by atoms with E-state index < -0.39 is 6.17 Å². The summed E-state index contributed by atoms with van der Waals surface area (Å²) in [6, 6.07) is 3.76. The molecule has 10 heteroatoms. The highest BCUT2D eigenvalue weighted by atomic mass is 19.1. The zero-order chi connectivity index (χ0) is 21.3. The molecule has 0 radical (unpaired) electrons. The molecule has 160 valence electrons. The van der Waals surface area contributed by atoms with Crippen molar-refractivity contribution in [3.05, 3.63) is 30.4 Å². The van der Waals surface area contributed by atoms with Gasteiger partial charge in [-0.05, 0) is 26.3 Å². The van der Waals surface area contributed by atoms with Gasteiger partial charge in [-0.1, -0.05) is 0 Å². The molecule has 0 aromatic carbocycles. The summed E-state index contributed by atoms with van der Waals surface area (Å²) in [4.78, 5) is 19.5. The number of rotatable bonds is 6. The fourth-order valence-corrected chi connectivity index (χ4v) is 3.84. The van der Waals surface area contributed by atoms with Gasteiger partial charge in [-0.3, -0.25) is 0 Å². The molecule has 1 aliphatic heterocycles. The second-order valence-corrected chi connectivity index (χ2v) is 7.60. The van der Waals surface area contributed by atoms with E-state index in [0.29, 0.717) is 36.4 Å². The molecule has 0 bridgehead atoms. The molecule has 1 saturated heterocycles. The number of alkyl halides is 1. The van der Waals surface area contributed by atoms with E-state index in [1.54, 1.807) is 18.5 Å². The van der Waals surface area contributed by atoms with Crippen LogP contribution in [0.5, 0.6) is 0 Å². The molecule has 2 atom stereocenters. The fourth-order valence-electron chi connectivity index (χ4n) is 3.84. The largest absolute Gasteiger partial charge is 0.388 e. The Kier molecular flexibility index (Phi) is 5.78. The van der Waals surface area contributed by atoms with Crippen LogP contribution >= 0.6 is 0 Å². The second-order valence-electron chi connectivity index (χ2n) is 7.60. The number of piperidine rings is 1. The number of aromatic nitrogens is 5. The van der Waals surface area contributed by atoms with Crippen molar-refractivity contribution in [2.75, 3.05) is 30.4 Å². The van der Waals surface area contributed by atoms with Gasteiger partial charge in [-0.15, -0.1) is 0 Å². The quantitative estimate of drug-likeness (QED) is 0.634. The molecule has 4 rings (SSSR count). The maximum atomic E-state index is 14.2. The van der Waals surface area contributed by atoms with E-state index in [4.69, 9.17) is 4.74 Å². The van der Waals surface area contributed by atoms with Gasteiger partial charge in [0, 0.05) is 32.0 Å². The first-order chi connectivity index (χ1) is 14.5. The summed E-state index contributed by atoms with van der Waals surface area (Å²) in [5, 5.41) is 12.8. The number of methoxy groups -OCH3 is 1. The molecule has 30 heavy (non-hydrogen) atoms. The molecule has 0 saturated carbocycles. The highest BCUT2D eigenvalue weighted by Gasteiger charge is 2.30. The van der Waals surface area contributed by atoms with Gasteiger partial charge >= 0.3 is 0 Å². The molecule has 9 nitrogen and oxygen atoms in total. The number of imidazole rings is 1. The SMILES string of the molecule is CO[C@H]1CCN(c2nccc(Nc3cc4c(cn3)nc(CO)n4C(C)C)n2)C[C@H]1F. The molecular formula is C20H26FN7O2. The standard InChI is InChI=1S/C20H26FN7O2/c1-12(2)28-15-8-18(23-9-14(15)24-19(28)11-29)25-17-4-6-22-20(26-17)27-7-5-16(30-3)13(21)10-27/h4,6,8-9,12-13,16,29H,5,7,10-11H2,1-3H3,(H,22,23,25,26)/t13-,16+/m1/s1. The Morgan fingerprint density at radius 2 is 2.13 bits per heavy atom. The highest BCUT2D eigenvalue weighted by Crippen LogP contribution is 2.25. The number of nitrogens with zero attached hydrogens (tertiary/aromatic N) is 6. The lowest BCUT2D eigenvalue weighted by Crippen LogP contribution is -2.46. The van der Waals surface area contributed by atoms with Gasteiger partial charge in [0.05, 0.1) is 24.4 Å². The number of pyridine rings is 1. The molecule has 0 spiro atoms. The third kappa shape index (κ3) is 3.92. The van der Waals surface area contributed by atoms with Gasteiger partial charge in [0.15, 0.2) is 0 Å². The van der Waals surface area contributed by atoms with Crippen LogP contribution in [-0.2, 0) is 11.3 Å². The summed E-state index contributed by atoms with van der Waals surface area (Å²) >= 11 is 0. The zero-order valence-electron chi connectivity index (χ0n) is 17.3. The topological polar surface area (TPSA) is 101 Å². The average Bonchev–Trinajstić information content (AvgIpc) is 3.12. The van der Waals surface area contributed by atoms with Crippen LogP contribution in [0.1, 0.15) is 32.1 Å². The summed E-state index contributed by atoms with van der Waals surface area (Å²) in [7, 11) is 1.53. The minimum Gasteiger partial charge on any atom is -0.388 e. The highest BCUT2D eigenvalue weighted by molar-refractivity contribution is 5.79. The van der Waals surface area contributed by atoms with Gasteiger partial charge in [0.25, 0.3) is 0 Å². The van der Waals surface area contributed by atoms with Crippen LogP contribution in [0, 0.1) is 0 Å². The lowest BCUT2D eigenvalue weighted by molar-refractivity contribution is 0.0194. The van der Waals surface area contributed by atoms with Crippen LogP contribution in [0.3, 0.4) is 0 Å². The summed E-state index contributed by atoms with van der Waals surface area (Å²) in [6.07, 6.45) is 2.43. The van der Waals surface area contributed by atoms with Crippen LogP contribution in [0.25, 0.3) is 11.0 Å². The molecule has 0 amide bonds. The first-order valence-corrected chi connectivity index (χ1v) is 9.99. The third-order valence-corrected chi connectivity index (χ3v) is 5.27. The number of anilines is 3. The van der Waals surface area contributed by atoms with Crippen molar-refractivity contribution in [1.29, 1.82) is 0 Å². The number of halogens is 1. The normalized spacial score (nSPS) is 19.6. The van der Waals surface area contributed by atoms with E-state index in [2.05, 4.69) is 25.3 Å². The minimum atomic E-state index is -1.08. The third-order valence-electron chi connectivity index (χ3n) is 5.27. The predicted molar refractivity (Wildman–Crippen MR) is 112 cm³/mol. The molecule has 3 aromatic rings. The van der Waals surface area contributed by atoms with Gasteiger partial charge in [0.2, 0.25) is 5.95 Å². The van der Waals surface area contributed by atoms with Gasteiger partial charge in [-0.25, -0.2) is 19.3 Å². The Morgan fingerprint density at radius 3 is 2.83 bits per heavy atom. The lowest BCUT2D eigenvalue weighted by atomic mass is 10.1. The van der Waals surface area contributed by atoms with Gasteiger partial charge < -0.3 is 24.6 Å². The maximum Gasteiger partial charge on any atom is 0.227 e. The smallest absolute Gasteiger partial charge is 0.227 e. The van der Waals surface area contributed by atoms with Crippen LogP contribution in [0.4, 0.5) is 22.0 Å². The summed E-state index contributed by atoms with van der Waals surface area (Å²) in [6.45, 7) is 4.76. The average molecular weight is 415 g/mol. The number of aliphatic hydroxyl groups is 1. The number of hydrogen-bond acceptors (Lipinski definition) is 8. The summed E-state index contributed by atoms with van der Waals surface area (Å²) in [5.41, 5.74) is 1.60. The van der Waals surface area contributed by atoms with Crippen molar-refractivity contribution < 1.29 is 14.2 Å². The number of ether oxygens (including phenoxy) is 1. The summed E-state index contributed by atoms with van der Waals surface area (Å²) < 4.78 is 21.4. The number of fused-ring (bicyclic) bond motifs is 1. The van der Waals surface area contributed by atoms with Crippen molar-refractivity contribution in [3.8, 4) is 0 Å². The van der Waals surface area contributed by atoms with E-state index >= 15 is 0 Å². The Labute approximate surface area is 173 Å². The van der Waals surface area contributed by atoms with Crippen LogP contribution in [0.15, 0.2) is 24.5 Å². The fraction of sp³-hybridized carbons (Fsp3) is 0.500. The number of nitrogens with one attached hydrogen (secondary N) is 1. The van der Waals surface area contributed by atoms with E-state index in [1.165, 1.54) is 7.11 Å². The Morgan fingerprint density at radius 1 is 1.30 bits per heavy atom. The lowest BCUT2D eigenvalue weighted by Gasteiger charge is -2.33. The molecule has 4 heterocycles. The van der Waals surface area contributed by atoms with Crippen molar-refractivity contribution >= 4 is 28.6 Å². The van der Waals surface area contributed by atoms with Crippen molar-refractivity contribution in [2.24, 2.45) is 0 Å². The molecule has 2 N–H and O–H groups in total. The molecule has 0 aliphatic carbocycles. The molecule has 0 unspecified atom stereocenters. The molecule has 3 aromatic heterocycles. The predicted octanol–water partition coefficient (Wildman–Crippen LogP) is 2.60. The first-order valence-electron chi connectivity index (χ1n) is 9.99. The Hall–Kier alpha value is -2.85. The van der Waals surface area contributed by atoms with Crippen molar-refractivity contribution in [1.82, 2.24) is 24.5 Å². The second kappa shape index (κ2) is 8.49. The summed E-state index contributed by atoms with van der Waals surface area (Å²) in [5.74, 6) is 2.23. The molecule has 1 aliphatic rings. The first kappa shape index (κ1) is 20.4. The zero-order valence-corrected chi connectivity index (χ0v) is 17.3. The van der Waals surface area contributed by atoms with E-state index in [-0.39, 0.29) is 25.3 Å². The van der Waals surface area contributed by atoms with Crippen LogP contribution in [0.2, 0.25) is 0 Å². The van der Waals surface area contributed by atoms with Gasteiger partial charge in [0.1, 0.15) is 35.8 Å². The van der Waals surface area contributed by atoms with Gasteiger partial charge in [-0.2, -0.15) is 4.98 Å². The van der Waals surface area contributed by atoms with E-state index in [0.717, 1.165) is 11.0 Å². The Bertz CT molecular complexity index is 1030. The maximum absolute atomic E-state index is 14.2. The van der Waals surface area contributed by atoms with Crippen LogP contribution in [-0.4, -0.2) is 62.1 Å². The minimum absolute atomic E-state index is 0.139. The monoisotopic (exact) mass is 415 g/mol. The van der Waals surface area contributed by atoms with Crippen molar-refractivity contribution in [2.45, 2.75) is 45.2 Å². The van der Waals surface area contributed by atoms with E-state index in [1.807, 2.05) is 29.4 Å². The number of hydrogen-bond donors (Lipinski definition) is 2. The number of aliphatic hydroxyl groups excluding tert-OH is 1. The molecule has 1 fully saturated rings.